The molecule has 1 amide bonds. The van der Waals surface area contributed by atoms with Crippen LogP contribution in [-0.4, -0.2) is 65.5 Å². The van der Waals surface area contributed by atoms with Gasteiger partial charge >= 0.3 is 12.7 Å². The normalized spacial score (nSPS) is 16.9. The lowest BCUT2D eigenvalue weighted by atomic mass is 10.1. The first-order chi connectivity index (χ1) is 12.1. The highest BCUT2D eigenvalue weighted by atomic mass is 35.5. The molecule has 1 aliphatic heterocycles. The van der Waals surface area contributed by atoms with Gasteiger partial charge in [0.25, 0.3) is 0 Å². The van der Waals surface area contributed by atoms with Gasteiger partial charge in [-0.15, -0.1) is 12.4 Å². The Labute approximate surface area is 159 Å². The maximum atomic E-state index is 13.3. The summed E-state index contributed by atoms with van der Waals surface area (Å²) in [4.78, 5) is 13.4. The van der Waals surface area contributed by atoms with Crippen molar-refractivity contribution in [2.45, 2.75) is 39.0 Å². The van der Waals surface area contributed by atoms with E-state index in [9.17, 15) is 26.7 Å². The van der Waals surface area contributed by atoms with Gasteiger partial charge in [0.15, 0.2) is 0 Å². The number of hydrogen-bond donors (Lipinski definition) is 2. The van der Waals surface area contributed by atoms with Gasteiger partial charge < -0.3 is 10.6 Å². The summed E-state index contributed by atoms with van der Waals surface area (Å²) in [5.74, 6) is -0.658. The maximum Gasteiger partial charge on any atom is 0.405 e. The second kappa shape index (κ2) is 9.65. The maximum absolute atomic E-state index is 13.3. The molecule has 1 atom stereocenters. The van der Waals surface area contributed by atoms with Gasteiger partial charge in [0.2, 0.25) is 5.91 Å². The highest BCUT2D eigenvalue weighted by molar-refractivity contribution is 5.85. The highest BCUT2D eigenvalue weighted by Gasteiger charge is 2.43. The number of piperazine rings is 1. The van der Waals surface area contributed by atoms with Crippen molar-refractivity contribution in [1.29, 1.82) is 0 Å². The van der Waals surface area contributed by atoms with Gasteiger partial charge in [-0.1, -0.05) is 0 Å². The predicted molar refractivity (Wildman–Crippen MR) is 91.2 cm³/mol. The number of carbonyl (C=O) groups excluding carboxylic acids is 1. The van der Waals surface area contributed by atoms with E-state index in [2.05, 4.69) is 15.7 Å². The van der Waals surface area contributed by atoms with Crippen LogP contribution in [0.4, 0.5) is 22.0 Å². The van der Waals surface area contributed by atoms with E-state index in [1.807, 2.05) is 0 Å². The Balaban J connectivity index is 0.00000364. The first-order valence-electron chi connectivity index (χ1n) is 8.22. The molecule has 0 saturated carbocycles. The zero-order valence-electron chi connectivity index (χ0n) is 14.9. The zero-order chi connectivity index (χ0) is 19.5. The molecule has 156 valence electrons. The third-order valence-electron chi connectivity index (χ3n) is 4.46. The van der Waals surface area contributed by atoms with Crippen LogP contribution in [0.15, 0.2) is 0 Å². The van der Waals surface area contributed by atoms with Crippen molar-refractivity contribution in [3.05, 3.63) is 17.0 Å². The number of carbonyl (C=O) groups is 1. The lowest BCUT2D eigenvalue weighted by Gasteiger charge is -2.35. The van der Waals surface area contributed by atoms with Crippen molar-refractivity contribution in [1.82, 2.24) is 25.3 Å². The topological polar surface area (TPSA) is 62.2 Å². The summed E-state index contributed by atoms with van der Waals surface area (Å²) in [6.07, 6.45) is -4.77. The molecule has 1 aliphatic rings. The second-order valence-corrected chi connectivity index (χ2v) is 6.20. The van der Waals surface area contributed by atoms with Gasteiger partial charge in [-0.2, -0.15) is 27.1 Å². The number of alkyl halides is 5. The molecule has 1 fully saturated rings. The van der Waals surface area contributed by atoms with Crippen LogP contribution < -0.4 is 10.6 Å². The molecule has 1 saturated heterocycles. The molecule has 0 spiro atoms. The lowest BCUT2D eigenvalue weighted by molar-refractivity contribution is -0.184. The Kier molecular flexibility index (Phi) is 8.43. The van der Waals surface area contributed by atoms with Crippen molar-refractivity contribution < 1.29 is 26.7 Å². The fourth-order valence-electron chi connectivity index (χ4n) is 3.02. The number of aryl methyl sites for hydroxylation is 1. The van der Waals surface area contributed by atoms with E-state index >= 15 is 0 Å². The zero-order valence-corrected chi connectivity index (χ0v) is 15.8. The average Bonchev–Trinajstić information content (AvgIpc) is 2.83. The van der Waals surface area contributed by atoms with Crippen molar-refractivity contribution in [3.63, 3.8) is 0 Å². The van der Waals surface area contributed by atoms with Crippen LogP contribution in [0.25, 0.3) is 0 Å². The number of rotatable bonds is 6. The van der Waals surface area contributed by atoms with E-state index in [1.165, 1.54) is 18.7 Å². The summed E-state index contributed by atoms with van der Waals surface area (Å²) in [5.41, 5.74) is 0.683. The predicted octanol–water partition coefficient (Wildman–Crippen LogP) is 1.81. The molecular weight excluding hydrogens is 397 g/mol. The third-order valence-corrected chi connectivity index (χ3v) is 4.46. The number of aromatic nitrogens is 2. The molecule has 27 heavy (non-hydrogen) atoms. The third kappa shape index (κ3) is 6.01. The van der Waals surface area contributed by atoms with Gasteiger partial charge in [-0.05, 0) is 13.8 Å². The number of nitrogens with one attached hydrogen (secondary N) is 2. The van der Waals surface area contributed by atoms with E-state index in [0.29, 0.717) is 23.3 Å². The van der Waals surface area contributed by atoms with E-state index in [0.717, 1.165) is 0 Å². The summed E-state index contributed by atoms with van der Waals surface area (Å²) in [5, 5.41) is 8.92. The van der Waals surface area contributed by atoms with E-state index < -0.39 is 31.2 Å². The van der Waals surface area contributed by atoms with Crippen LogP contribution >= 0.6 is 12.4 Å². The molecule has 2 N–H and O–H groups in total. The van der Waals surface area contributed by atoms with Crippen LogP contribution in [0.3, 0.4) is 0 Å². The summed E-state index contributed by atoms with van der Waals surface area (Å²) >= 11 is 0. The largest absolute Gasteiger partial charge is 0.405 e. The van der Waals surface area contributed by atoms with Crippen molar-refractivity contribution in [2.24, 2.45) is 0 Å². The van der Waals surface area contributed by atoms with Crippen molar-refractivity contribution in [2.75, 3.05) is 32.7 Å². The number of hydrogen-bond acceptors (Lipinski definition) is 4. The van der Waals surface area contributed by atoms with E-state index in [1.54, 1.807) is 0 Å². The van der Waals surface area contributed by atoms with Crippen molar-refractivity contribution >= 4 is 18.3 Å². The smallest absolute Gasteiger partial charge is 0.354 e. The minimum absolute atomic E-state index is 0. The fourth-order valence-corrected chi connectivity index (χ4v) is 3.02. The molecule has 2 heterocycles. The van der Waals surface area contributed by atoms with Gasteiger partial charge in [0.05, 0.1) is 12.1 Å². The Morgan fingerprint density at radius 1 is 1.26 bits per heavy atom. The molecule has 1 aromatic heterocycles. The van der Waals surface area contributed by atoms with Gasteiger partial charge in [-0.3, -0.25) is 9.69 Å². The van der Waals surface area contributed by atoms with Crippen LogP contribution in [0, 0.1) is 13.8 Å². The lowest BCUT2D eigenvalue weighted by Crippen LogP contribution is -2.57. The van der Waals surface area contributed by atoms with Crippen LogP contribution in [0.1, 0.15) is 23.5 Å². The molecule has 0 radical (unpaired) electrons. The quantitative estimate of drug-likeness (QED) is 0.690. The average molecular weight is 420 g/mol. The second-order valence-electron chi connectivity index (χ2n) is 6.20. The SMILES string of the molecule is Cc1nn(C(F)F)c(C)c1CC(=O)NCC(N1CCNCC1)C(F)(F)F.Cl. The van der Waals surface area contributed by atoms with E-state index in [4.69, 9.17) is 0 Å². The molecule has 0 bridgehead atoms. The Morgan fingerprint density at radius 3 is 2.33 bits per heavy atom. The summed E-state index contributed by atoms with van der Waals surface area (Å²) in [6.45, 7) is 0.828. The fraction of sp³-hybridized carbons (Fsp3) is 0.733. The highest BCUT2D eigenvalue weighted by Crippen LogP contribution is 2.25. The molecule has 6 nitrogen and oxygen atoms in total. The molecule has 0 aliphatic carbocycles. The monoisotopic (exact) mass is 419 g/mol. The van der Waals surface area contributed by atoms with Crippen molar-refractivity contribution in [3.8, 4) is 0 Å². The molecular formula is C15H23ClF5N5O. The number of halogens is 6. The summed E-state index contributed by atoms with van der Waals surface area (Å²) in [7, 11) is 0. The minimum atomic E-state index is -4.48. The van der Waals surface area contributed by atoms with Crippen LogP contribution in [0.2, 0.25) is 0 Å². The Hall–Kier alpha value is -1.46. The number of nitrogens with zero attached hydrogens (tertiary/aromatic N) is 3. The Morgan fingerprint density at radius 2 is 1.85 bits per heavy atom. The molecule has 0 aromatic carbocycles. The van der Waals surface area contributed by atoms with E-state index in [-0.39, 0.29) is 43.3 Å². The first kappa shape index (κ1) is 23.6. The van der Waals surface area contributed by atoms with Gasteiger partial charge in [0, 0.05) is 44.0 Å². The van der Waals surface area contributed by atoms with Gasteiger partial charge in [0.1, 0.15) is 6.04 Å². The Bertz CT molecular complexity index is 631. The standard InChI is InChI=1S/C15H22F5N5O.ClH/c1-9-11(10(2)25(23-9)14(16)17)7-13(26)22-8-12(15(18,19)20)24-5-3-21-4-6-24;/h12,14,21H,3-8H2,1-2H3,(H,22,26);1H. The molecule has 1 aromatic rings. The van der Waals surface area contributed by atoms with Gasteiger partial charge in [-0.25, -0.2) is 4.68 Å². The first-order valence-corrected chi connectivity index (χ1v) is 8.22. The molecule has 2 rings (SSSR count). The van der Waals surface area contributed by atoms with Crippen LogP contribution in [-0.2, 0) is 11.2 Å². The minimum Gasteiger partial charge on any atom is -0.354 e. The van der Waals surface area contributed by atoms with Crippen LogP contribution in [0.5, 0.6) is 0 Å². The number of amides is 1. The molecule has 1 unspecified atom stereocenters. The summed E-state index contributed by atoms with van der Waals surface area (Å²) in [6, 6.07) is -1.78. The summed E-state index contributed by atoms with van der Waals surface area (Å²) < 4.78 is 66.0. The molecule has 12 heteroatoms.